The average Bonchev–Trinajstić information content (AvgIpc) is 3.37. The van der Waals surface area contributed by atoms with Crippen molar-refractivity contribution in [1.29, 1.82) is 0 Å². The smallest absolute Gasteiger partial charge is 0.306 e. The molecule has 1 fully saturated rings. The third-order valence-electron chi connectivity index (χ3n) is 14.1. The normalized spacial score (nSPS) is 19.5. The van der Waals surface area contributed by atoms with Gasteiger partial charge in [-0.2, -0.15) is 0 Å². The zero-order chi connectivity index (χ0) is 56.5. The molecule has 0 saturated carbocycles. The van der Waals surface area contributed by atoms with E-state index in [0.29, 0.717) is 12.8 Å². The van der Waals surface area contributed by atoms with Gasteiger partial charge < -0.3 is 65.8 Å². The van der Waals surface area contributed by atoms with Crippen LogP contribution in [0.25, 0.3) is 0 Å². The molecule has 0 aliphatic carbocycles. The Balaban J connectivity index is 2.99. The van der Waals surface area contributed by atoms with Crippen molar-refractivity contribution in [2.45, 2.75) is 301 Å². The molecular weight excluding hydrogens is 981 g/mol. The molecule has 9 N–H and O–H groups in total. The quantitative estimate of drug-likeness (QED) is 0.0226. The van der Waals surface area contributed by atoms with E-state index in [1.807, 2.05) is 0 Å². The molecule has 0 aromatic rings. The van der Waals surface area contributed by atoms with E-state index in [2.05, 4.69) is 19.2 Å². The van der Waals surface area contributed by atoms with Crippen LogP contribution in [0.3, 0.4) is 0 Å². The van der Waals surface area contributed by atoms with Gasteiger partial charge in [-0.05, 0) is 33.1 Å². The fourth-order valence-corrected chi connectivity index (χ4v) is 9.62. The first-order chi connectivity index (χ1) is 36.5. The zero-order valence-corrected chi connectivity index (χ0v) is 47.6. The van der Waals surface area contributed by atoms with Gasteiger partial charge in [0, 0.05) is 32.7 Å². The summed E-state index contributed by atoms with van der Waals surface area (Å²) in [7, 11) is 0. The van der Waals surface area contributed by atoms with Crippen molar-refractivity contribution in [3.63, 3.8) is 0 Å². The zero-order valence-electron chi connectivity index (χ0n) is 47.6. The van der Waals surface area contributed by atoms with Gasteiger partial charge in [0.05, 0.1) is 31.5 Å². The Morgan fingerprint density at radius 3 is 1.53 bits per heavy atom. The van der Waals surface area contributed by atoms with E-state index in [9.17, 15) is 49.2 Å². The number of carbonyl (C=O) groups is 6. The lowest BCUT2D eigenvalue weighted by Crippen LogP contribution is -2.65. The van der Waals surface area contributed by atoms with Crippen LogP contribution in [0, 0.1) is 0 Å². The number of primary amides is 1. The van der Waals surface area contributed by atoms with Gasteiger partial charge in [-0.15, -0.1) is 0 Å². The molecule has 1 aliphatic heterocycles. The predicted octanol–water partition coefficient (Wildman–Crippen LogP) is 7.81. The number of amides is 3. The van der Waals surface area contributed by atoms with Gasteiger partial charge in [0.25, 0.3) is 0 Å². The molecule has 0 aromatic heterocycles. The largest absolute Gasteiger partial charge is 0.481 e. The maximum Gasteiger partial charge on any atom is 0.306 e. The molecule has 76 heavy (non-hydrogen) atoms. The highest BCUT2D eigenvalue weighted by Gasteiger charge is 2.46. The maximum atomic E-state index is 13.9. The van der Waals surface area contributed by atoms with E-state index >= 15 is 0 Å². The summed E-state index contributed by atoms with van der Waals surface area (Å²) in [5, 5.41) is 43.7. The second kappa shape index (κ2) is 44.4. The van der Waals surface area contributed by atoms with Crippen molar-refractivity contribution in [2.24, 2.45) is 11.5 Å². The third-order valence-corrected chi connectivity index (χ3v) is 14.1. The van der Waals surface area contributed by atoms with Crippen LogP contribution in [0.5, 0.6) is 0 Å². The highest BCUT2D eigenvalue weighted by atomic mass is 16.7. The van der Waals surface area contributed by atoms with Crippen molar-refractivity contribution in [3.8, 4) is 0 Å². The lowest BCUT2D eigenvalue weighted by atomic mass is 9.97. The summed E-state index contributed by atoms with van der Waals surface area (Å²) in [4.78, 5) is 77.2. The molecular formula is C57H106N4O15. The van der Waals surface area contributed by atoms with Gasteiger partial charge in [0.2, 0.25) is 17.7 Å². The summed E-state index contributed by atoms with van der Waals surface area (Å²) in [5.41, 5.74) is 12.3. The summed E-state index contributed by atoms with van der Waals surface area (Å²) < 4.78 is 29.5. The molecule has 3 amide bonds. The van der Waals surface area contributed by atoms with Crippen molar-refractivity contribution in [1.82, 2.24) is 10.2 Å². The Labute approximate surface area is 456 Å². The minimum atomic E-state index is -1.55. The van der Waals surface area contributed by atoms with Crippen LogP contribution in [-0.2, 0) is 52.5 Å². The first-order valence-electron chi connectivity index (χ1n) is 29.6. The predicted molar refractivity (Wildman–Crippen MR) is 292 cm³/mol. The van der Waals surface area contributed by atoms with Crippen LogP contribution in [0.1, 0.15) is 240 Å². The number of rotatable bonds is 49. The Morgan fingerprint density at radius 1 is 0.671 bits per heavy atom. The van der Waals surface area contributed by atoms with E-state index < -0.39 is 123 Å². The fraction of sp³-hybridized carbons (Fsp3) is 0.895. The van der Waals surface area contributed by atoms with Crippen LogP contribution in [-0.4, -0.2) is 148 Å². The van der Waals surface area contributed by atoms with Crippen LogP contribution in [0.4, 0.5) is 0 Å². The molecule has 10 atom stereocenters. The lowest BCUT2D eigenvalue weighted by Gasteiger charge is -2.44. The number of aliphatic carboxylic acids is 1. The summed E-state index contributed by atoms with van der Waals surface area (Å²) in [6.07, 6.45) is 23.3. The summed E-state index contributed by atoms with van der Waals surface area (Å²) >= 11 is 0. The molecule has 2 unspecified atom stereocenters. The molecule has 1 saturated heterocycles. The standard InChI is InChI=1S/C57H106N4O15/c1-6-8-10-12-14-16-18-20-22-24-26-28-30-32-34-49(67)72-40-45(75-50(68)35-33-31-29-27-25-23-21-19-17-15-13-11-9-7-2)41-73-57-51(58)54(53(69)47(39-62)76-57)74-42(3)38-61(46(55(59)70)36-37-48(65)66)56(71)52(43(4)63)60-44(5)64/h42-43,45-47,51-54,57,62-63,69H,6-41,58H2,1-5H3,(H2,59,70)(H,60,64)(H,65,66)/t42?,43-,45?,46-,47-,51-,52+,53-,54-,57+/m1/s1. The number of aliphatic hydroxyl groups excluding tert-OH is 3. The Hall–Kier alpha value is -3.46. The second-order valence-electron chi connectivity index (χ2n) is 21.3. The van der Waals surface area contributed by atoms with Gasteiger partial charge in [0.1, 0.15) is 37.0 Å². The van der Waals surface area contributed by atoms with E-state index in [4.69, 9.17) is 35.2 Å². The molecule has 0 aromatic carbocycles. The van der Waals surface area contributed by atoms with Crippen molar-refractivity contribution >= 4 is 35.6 Å². The third kappa shape index (κ3) is 33.1. The fourth-order valence-electron chi connectivity index (χ4n) is 9.62. The first kappa shape index (κ1) is 70.6. The number of carbonyl (C=O) groups excluding carboxylic acids is 5. The monoisotopic (exact) mass is 1090 g/mol. The molecule has 1 rings (SSSR count). The highest BCUT2D eigenvalue weighted by molar-refractivity contribution is 5.92. The highest BCUT2D eigenvalue weighted by Crippen LogP contribution is 2.26. The van der Waals surface area contributed by atoms with Crippen molar-refractivity contribution in [2.75, 3.05) is 26.4 Å². The number of nitrogens with one attached hydrogen (secondary N) is 1. The van der Waals surface area contributed by atoms with Crippen LogP contribution >= 0.6 is 0 Å². The Bertz CT molecular complexity index is 1560. The molecule has 1 aliphatic rings. The number of nitrogens with zero attached hydrogens (tertiary/aromatic N) is 1. The maximum absolute atomic E-state index is 13.9. The Morgan fingerprint density at radius 2 is 1.12 bits per heavy atom. The van der Waals surface area contributed by atoms with Gasteiger partial charge in [-0.3, -0.25) is 28.8 Å². The van der Waals surface area contributed by atoms with E-state index in [-0.39, 0.29) is 26.1 Å². The molecule has 1 heterocycles. The van der Waals surface area contributed by atoms with E-state index in [1.165, 1.54) is 142 Å². The van der Waals surface area contributed by atoms with Crippen LogP contribution in [0.2, 0.25) is 0 Å². The minimum Gasteiger partial charge on any atom is -0.481 e. The number of hydrogen-bond donors (Lipinski definition) is 7. The van der Waals surface area contributed by atoms with Crippen molar-refractivity contribution < 1.29 is 72.9 Å². The Kier molecular flexibility index (Phi) is 41.2. The SMILES string of the molecule is CCCCCCCCCCCCCCCCC(=O)OCC(CO[C@H]1O[C@H](CO)[C@@H](O)[C@H](OC(C)CN(C(=O)[C@@H](NC(C)=O)[C@@H](C)O)[C@H](CCC(=O)O)C(N)=O)[C@H]1N)OC(=O)CCCCCCCCCCCCCCCC. The van der Waals surface area contributed by atoms with Gasteiger partial charge >= 0.3 is 17.9 Å². The van der Waals surface area contributed by atoms with E-state index in [1.54, 1.807) is 0 Å². The molecule has 0 bridgehead atoms. The number of carboxylic acid groups (broad SMARTS) is 1. The molecule has 0 radical (unpaired) electrons. The van der Waals surface area contributed by atoms with Crippen LogP contribution < -0.4 is 16.8 Å². The lowest BCUT2D eigenvalue weighted by molar-refractivity contribution is -0.282. The molecule has 0 spiro atoms. The number of aliphatic hydroxyl groups is 3. The molecule has 19 nitrogen and oxygen atoms in total. The minimum absolute atomic E-state index is 0.156. The van der Waals surface area contributed by atoms with Gasteiger partial charge in [0.15, 0.2) is 12.4 Å². The summed E-state index contributed by atoms with van der Waals surface area (Å²) in [6.45, 7) is 6.52. The topological polar surface area (TPSA) is 297 Å². The summed E-state index contributed by atoms with van der Waals surface area (Å²) in [5.74, 6) is -4.87. The van der Waals surface area contributed by atoms with Gasteiger partial charge in [-0.1, -0.05) is 181 Å². The number of hydrogen-bond acceptors (Lipinski definition) is 15. The molecule has 19 heteroatoms. The number of esters is 2. The van der Waals surface area contributed by atoms with Crippen molar-refractivity contribution in [3.05, 3.63) is 0 Å². The number of ether oxygens (including phenoxy) is 5. The van der Waals surface area contributed by atoms with Crippen LogP contribution in [0.15, 0.2) is 0 Å². The number of nitrogens with two attached hydrogens (primary N) is 2. The second-order valence-corrected chi connectivity index (χ2v) is 21.3. The van der Waals surface area contributed by atoms with E-state index in [0.717, 1.165) is 50.3 Å². The summed E-state index contributed by atoms with van der Waals surface area (Å²) in [6, 6.07) is -4.34. The molecule has 444 valence electrons. The average molecular weight is 1090 g/mol. The first-order valence-corrected chi connectivity index (χ1v) is 29.6. The number of carboxylic acids is 1. The number of unbranched alkanes of at least 4 members (excludes halogenated alkanes) is 26. The van der Waals surface area contributed by atoms with Gasteiger partial charge in [-0.25, -0.2) is 0 Å².